The van der Waals surface area contributed by atoms with Crippen molar-refractivity contribution in [2.24, 2.45) is 0 Å². The van der Waals surface area contributed by atoms with Gasteiger partial charge < -0.3 is 10.1 Å². The number of carbonyl (C=O) groups excluding carboxylic acids is 1. The summed E-state index contributed by atoms with van der Waals surface area (Å²) in [4.78, 5) is 19.8. The Balaban J connectivity index is 2.23. The first-order valence-corrected chi connectivity index (χ1v) is 6.39. The van der Waals surface area contributed by atoms with Gasteiger partial charge in [-0.25, -0.2) is 9.97 Å². The number of nitrogens with one attached hydrogen (secondary N) is 1. The minimum Gasteiger partial charge on any atom is -0.481 e. The largest absolute Gasteiger partial charge is 0.481 e. The van der Waals surface area contributed by atoms with Crippen molar-refractivity contribution in [3.05, 3.63) is 45.7 Å². The molecule has 98 valence electrons. The lowest BCUT2D eigenvalue weighted by molar-refractivity contribution is 0.102. The van der Waals surface area contributed by atoms with Gasteiger partial charge in [0.25, 0.3) is 5.91 Å². The normalized spacial score (nSPS) is 10.1. The van der Waals surface area contributed by atoms with Crippen LogP contribution < -0.4 is 10.1 Å². The Bertz CT molecular complexity index is 622. The van der Waals surface area contributed by atoms with Gasteiger partial charge in [0.05, 0.1) is 17.7 Å². The van der Waals surface area contributed by atoms with E-state index in [-0.39, 0.29) is 5.91 Å². The van der Waals surface area contributed by atoms with Crippen molar-refractivity contribution in [1.29, 1.82) is 0 Å². The van der Waals surface area contributed by atoms with Crippen molar-refractivity contribution in [3.8, 4) is 5.88 Å². The highest BCUT2D eigenvalue weighted by atomic mass is 79.9. The van der Waals surface area contributed by atoms with E-state index in [1.807, 2.05) is 0 Å². The number of methoxy groups -OCH3 is 1. The topological polar surface area (TPSA) is 64.1 Å². The summed E-state index contributed by atoms with van der Waals surface area (Å²) in [5.74, 6) is 0.352. The quantitative estimate of drug-likeness (QED) is 0.930. The lowest BCUT2D eigenvalue weighted by Gasteiger charge is -2.07. The van der Waals surface area contributed by atoms with E-state index in [2.05, 4.69) is 31.2 Å². The van der Waals surface area contributed by atoms with Crippen LogP contribution in [-0.4, -0.2) is 23.0 Å². The van der Waals surface area contributed by atoms with Gasteiger partial charge in [0.15, 0.2) is 0 Å². The van der Waals surface area contributed by atoms with Crippen LogP contribution in [0.2, 0.25) is 5.02 Å². The molecule has 7 heteroatoms. The predicted molar refractivity (Wildman–Crippen MR) is 75.7 cm³/mol. The smallest absolute Gasteiger partial charge is 0.258 e. The molecule has 0 atom stereocenters. The number of carbonyl (C=O) groups is 1. The van der Waals surface area contributed by atoms with Crippen LogP contribution in [0, 0.1) is 0 Å². The van der Waals surface area contributed by atoms with E-state index in [0.717, 1.165) is 4.47 Å². The van der Waals surface area contributed by atoms with Gasteiger partial charge in [-0.05, 0) is 18.2 Å². The summed E-state index contributed by atoms with van der Waals surface area (Å²) in [6.45, 7) is 0. The Kier molecular flexibility index (Phi) is 4.34. The SMILES string of the molecule is COc1cc(NC(=O)c2cc(Br)ccc2Cl)ncn1. The molecule has 19 heavy (non-hydrogen) atoms. The van der Waals surface area contributed by atoms with Crippen molar-refractivity contribution in [3.63, 3.8) is 0 Å². The zero-order valence-corrected chi connectivity index (χ0v) is 12.2. The second-order valence-corrected chi connectivity index (χ2v) is 4.85. The number of hydrogen-bond donors (Lipinski definition) is 1. The third-order valence-corrected chi connectivity index (χ3v) is 3.09. The molecule has 0 fully saturated rings. The van der Waals surface area contributed by atoms with E-state index in [1.54, 1.807) is 18.2 Å². The lowest BCUT2D eigenvalue weighted by Crippen LogP contribution is -2.13. The Labute approximate surface area is 123 Å². The van der Waals surface area contributed by atoms with Crippen molar-refractivity contribution in [2.75, 3.05) is 12.4 Å². The molecule has 0 aliphatic rings. The van der Waals surface area contributed by atoms with E-state index >= 15 is 0 Å². The standard InChI is InChI=1S/C12H9BrClN3O2/c1-19-11-5-10(15-6-16-11)17-12(18)8-4-7(13)2-3-9(8)14/h2-6H,1H3,(H,15,16,17,18). The molecule has 0 saturated heterocycles. The van der Waals surface area contributed by atoms with Gasteiger partial charge in [-0.2, -0.15) is 0 Å². The molecule has 0 spiro atoms. The van der Waals surface area contributed by atoms with Crippen LogP contribution in [-0.2, 0) is 0 Å². The highest BCUT2D eigenvalue weighted by molar-refractivity contribution is 9.10. The average molecular weight is 343 g/mol. The second kappa shape index (κ2) is 5.99. The van der Waals surface area contributed by atoms with Gasteiger partial charge in [-0.15, -0.1) is 0 Å². The highest BCUT2D eigenvalue weighted by Gasteiger charge is 2.12. The number of rotatable bonds is 3. The summed E-state index contributed by atoms with van der Waals surface area (Å²) in [6, 6.07) is 6.55. The highest BCUT2D eigenvalue weighted by Crippen LogP contribution is 2.22. The van der Waals surface area contributed by atoms with Gasteiger partial charge in [-0.3, -0.25) is 4.79 Å². The third-order valence-electron chi connectivity index (χ3n) is 2.27. The Morgan fingerprint density at radius 1 is 1.37 bits per heavy atom. The van der Waals surface area contributed by atoms with Gasteiger partial charge in [0.2, 0.25) is 5.88 Å². The maximum atomic E-state index is 12.1. The first kappa shape index (κ1) is 13.8. The number of halogens is 2. The van der Waals surface area contributed by atoms with Gasteiger partial charge in [0.1, 0.15) is 12.1 Å². The van der Waals surface area contributed by atoms with Gasteiger partial charge in [0, 0.05) is 10.5 Å². The summed E-state index contributed by atoms with van der Waals surface area (Å²) < 4.78 is 5.72. The molecule has 1 aromatic carbocycles. The van der Waals surface area contributed by atoms with E-state index in [4.69, 9.17) is 16.3 Å². The summed E-state index contributed by atoms with van der Waals surface area (Å²) in [5, 5.41) is 2.99. The fourth-order valence-corrected chi connectivity index (χ4v) is 1.94. The van der Waals surface area contributed by atoms with Crippen molar-refractivity contribution in [2.45, 2.75) is 0 Å². The molecule has 0 aliphatic heterocycles. The van der Waals surface area contributed by atoms with Gasteiger partial charge in [-0.1, -0.05) is 27.5 Å². The minimum atomic E-state index is -0.355. The molecule has 5 nitrogen and oxygen atoms in total. The zero-order valence-electron chi connectivity index (χ0n) is 9.85. The molecule has 0 aliphatic carbocycles. The zero-order chi connectivity index (χ0) is 13.8. The molecular formula is C12H9BrClN3O2. The Morgan fingerprint density at radius 2 is 2.16 bits per heavy atom. The van der Waals surface area contributed by atoms with Crippen molar-refractivity contribution < 1.29 is 9.53 Å². The molecule has 1 amide bonds. The van der Waals surface area contributed by atoms with Crippen LogP contribution >= 0.6 is 27.5 Å². The lowest BCUT2D eigenvalue weighted by atomic mass is 10.2. The number of aromatic nitrogens is 2. The predicted octanol–water partition coefficient (Wildman–Crippen LogP) is 3.15. The van der Waals surface area contributed by atoms with Crippen LogP contribution in [0.5, 0.6) is 5.88 Å². The summed E-state index contributed by atoms with van der Waals surface area (Å²) >= 11 is 9.27. The van der Waals surface area contributed by atoms with Crippen LogP contribution in [0.15, 0.2) is 35.1 Å². The number of ether oxygens (including phenoxy) is 1. The Hall–Kier alpha value is -1.66. The van der Waals surface area contributed by atoms with Crippen molar-refractivity contribution >= 4 is 39.3 Å². The van der Waals surface area contributed by atoms with E-state index in [1.165, 1.54) is 19.5 Å². The maximum absolute atomic E-state index is 12.1. The van der Waals surface area contributed by atoms with E-state index in [9.17, 15) is 4.79 Å². The monoisotopic (exact) mass is 341 g/mol. The number of benzene rings is 1. The van der Waals surface area contributed by atoms with Gasteiger partial charge >= 0.3 is 0 Å². The summed E-state index contributed by atoms with van der Waals surface area (Å²) in [7, 11) is 1.49. The van der Waals surface area contributed by atoms with Crippen LogP contribution in [0.4, 0.5) is 5.82 Å². The fourth-order valence-electron chi connectivity index (χ4n) is 1.37. The second-order valence-electron chi connectivity index (χ2n) is 3.52. The molecule has 0 saturated carbocycles. The molecule has 1 aromatic heterocycles. The molecule has 1 N–H and O–H groups in total. The molecular weight excluding hydrogens is 334 g/mol. The summed E-state index contributed by atoms with van der Waals surface area (Å²) in [6.07, 6.45) is 1.30. The molecule has 0 radical (unpaired) electrons. The number of hydrogen-bond acceptors (Lipinski definition) is 4. The molecule has 2 rings (SSSR count). The number of nitrogens with zero attached hydrogens (tertiary/aromatic N) is 2. The van der Waals surface area contributed by atoms with Crippen molar-refractivity contribution in [1.82, 2.24) is 9.97 Å². The van der Waals surface area contributed by atoms with E-state index in [0.29, 0.717) is 22.3 Å². The molecule has 2 aromatic rings. The minimum absolute atomic E-state index is 0.341. The summed E-state index contributed by atoms with van der Waals surface area (Å²) in [5.41, 5.74) is 0.355. The molecule has 0 bridgehead atoms. The van der Waals surface area contributed by atoms with Crippen LogP contribution in [0.1, 0.15) is 10.4 Å². The molecule has 0 unspecified atom stereocenters. The Morgan fingerprint density at radius 3 is 2.89 bits per heavy atom. The third kappa shape index (κ3) is 3.42. The maximum Gasteiger partial charge on any atom is 0.258 e. The average Bonchev–Trinajstić information content (AvgIpc) is 2.41. The fraction of sp³-hybridized carbons (Fsp3) is 0.0833. The number of amides is 1. The number of anilines is 1. The van der Waals surface area contributed by atoms with Crippen LogP contribution in [0.25, 0.3) is 0 Å². The first-order valence-electron chi connectivity index (χ1n) is 5.22. The molecule has 1 heterocycles. The van der Waals surface area contributed by atoms with Crippen LogP contribution in [0.3, 0.4) is 0 Å². The first-order chi connectivity index (χ1) is 9.10. The van der Waals surface area contributed by atoms with E-state index < -0.39 is 0 Å².